The predicted octanol–water partition coefficient (Wildman–Crippen LogP) is 4.59. The van der Waals surface area contributed by atoms with Crippen molar-refractivity contribution >= 4 is 11.0 Å². The van der Waals surface area contributed by atoms with Gasteiger partial charge in [-0.1, -0.05) is 19.4 Å². The van der Waals surface area contributed by atoms with E-state index in [0.717, 1.165) is 24.0 Å². The Hall–Kier alpha value is -2.95. The van der Waals surface area contributed by atoms with Crippen molar-refractivity contribution in [3.8, 4) is 28.4 Å². The van der Waals surface area contributed by atoms with Crippen LogP contribution in [0.2, 0.25) is 0 Å². The van der Waals surface area contributed by atoms with Crippen LogP contribution >= 0.6 is 0 Å². The van der Waals surface area contributed by atoms with Gasteiger partial charge in [0.2, 0.25) is 5.43 Å². The van der Waals surface area contributed by atoms with Crippen molar-refractivity contribution in [2.24, 2.45) is 0 Å². The van der Waals surface area contributed by atoms with E-state index in [9.17, 15) is 9.90 Å². The molecule has 1 aromatic heterocycles. The highest BCUT2D eigenvalue weighted by atomic mass is 16.5. The fourth-order valence-corrected chi connectivity index (χ4v) is 3.51. The quantitative estimate of drug-likeness (QED) is 0.734. The molecule has 0 bridgehead atoms. The van der Waals surface area contributed by atoms with Gasteiger partial charge in [-0.25, -0.2) is 0 Å². The lowest BCUT2D eigenvalue weighted by atomic mass is 10.00. The number of aryl methyl sites for hydroxylation is 2. The molecule has 1 aliphatic heterocycles. The molecular weight excluding hydrogens is 344 g/mol. The summed E-state index contributed by atoms with van der Waals surface area (Å²) < 4.78 is 17.3. The second-order valence-electron chi connectivity index (χ2n) is 6.80. The lowest BCUT2D eigenvalue weighted by Crippen LogP contribution is -2.08. The number of hydrogen-bond donors (Lipinski definition) is 1. The van der Waals surface area contributed by atoms with Crippen LogP contribution in [0.25, 0.3) is 22.1 Å². The van der Waals surface area contributed by atoms with Gasteiger partial charge in [-0.2, -0.15) is 0 Å². The van der Waals surface area contributed by atoms with Gasteiger partial charge in [0.1, 0.15) is 17.1 Å². The molecule has 0 fully saturated rings. The Labute approximate surface area is 157 Å². The van der Waals surface area contributed by atoms with Crippen molar-refractivity contribution < 1.29 is 19.0 Å². The average Bonchev–Trinajstić information content (AvgIpc) is 2.88. The van der Waals surface area contributed by atoms with Gasteiger partial charge >= 0.3 is 0 Å². The summed E-state index contributed by atoms with van der Waals surface area (Å²) in [5, 5.41) is 10.7. The highest BCUT2D eigenvalue weighted by Gasteiger charge is 2.18. The number of phenolic OH excluding ortho intramolecular Hbond substituents is 1. The molecule has 1 N–H and O–H groups in total. The van der Waals surface area contributed by atoms with Crippen molar-refractivity contribution in [2.75, 3.05) is 13.2 Å². The monoisotopic (exact) mass is 366 g/mol. The molecule has 2 aromatic carbocycles. The maximum Gasteiger partial charge on any atom is 0.200 e. The lowest BCUT2D eigenvalue weighted by molar-refractivity contribution is 0.297. The summed E-state index contributed by atoms with van der Waals surface area (Å²) in [6.45, 7) is 5.00. The fraction of sp³-hybridized carbons (Fsp3) is 0.318. The van der Waals surface area contributed by atoms with E-state index in [1.807, 2.05) is 25.1 Å². The number of fused-ring (bicyclic) bond motifs is 2. The normalized spacial score (nSPS) is 13.6. The molecule has 0 saturated heterocycles. The molecule has 140 valence electrons. The SMILES string of the molecule is CCCc1cc2c(=O)c(-c3ccc4c(c3)OCCCO4)c(C)oc2cc1O. The molecule has 0 atom stereocenters. The molecule has 4 rings (SSSR count). The van der Waals surface area contributed by atoms with Gasteiger partial charge in [0, 0.05) is 12.5 Å². The number of benzene rings is 2. The molecule has 0 radical (unpaired) electrons. The van der Waals surface area contributed by atoms with Crippen LogP contribution in [-0.2, 0) is 6.42 Å². The largest absolute Gasteiger partial charge is 0.508 e. The number of rotatable bonds is 3. The Morgan fingerprint density at radius 3 is 2.63 bits per heavy atom. The standard InChI is InChI=1S/C22H22O5/c1-3-5-14-10-16-19(12-17(14)23)27-13(2)21(22(16)24)15-6-7-18-20(11-15)26-9-4-8-25-18/h6-7,10-12,23H,3-5,8-9H2,1-2H3. The molecule has 0 aliphatic carbocycles. The Bertz CT molecular complexity index is 1060. The van der Waals surface area contributed by atoms with Gasteiger partial charge in [0.15, 0.2) is 11.5 Å². The second kappa shape index (κ2) is 6.99. The van der Waals surface area contributed by atoms with E-state index in [1.165, 1.54) is 6.07 Å². The van der Waals surface area contributed by atoms with Crippen LogP contribution in [0, 0.1) is 6.92 Å². The van der Waals surface area contributed by atoms with Crippen LogP contribution in [0.5, 0.6) is 17.2 Å². The van der Waals surface area contributed by atoms with E-state index < -0.39 is 0 Å². The van der Waals surface area contributed by atoms with Crippen molar-refractivity contribution in [1.82, 2.24) is 0 Å². The fourth-order valence-electron chi connectivity index (χ4n) is 3.51. The topological polar surface area (TPSA) is 68.9 Å². The lowest BCUT2D eigenvalue weighted by Gasteiger charge is -2.12. The maximum atomic E-state index is 13.2. The molecule has 0 unspecified atom stereocenters. The van der Waals surface area contributed by atoms with Crippen molar-refractivity contribution in [3.05, 3.63) is 51.9 Å². The molecule has 0 amide bonds. The zero-order valence-electron chi connectivity index (χ0n) is 15.5. The first-order chi connectivity index (χ1) is 13.1. The molecule has 5 nitrogen and oxygen atoms in total. The van der Waals surface area contributed by atoms with Crippen LogP contribution in [0.1, 0.15) is 31.1 Å². The molecule has 1 aliphatic rings. The summed E-state index contributed by atoms with van der Waals surface area (Å²) in [5.41, 5.74) is 2.28. The molecule has 0 spiro atoms. The van der Waals surface area contributed by atoms with Crippen molar-refractivity contribution in [2.45, 2.75) is 33.1 Å². The number of phenols is 1. The molecule has 27 heavy (non-hydrogen) atoms. The summed E-state index contributed by atoms with van der Waals surface area (Å²) in [5.74, 6) is 2.00. The third kappa shape index (κ3) is 3.14. The van der Waals surface area contributed by atoms with Crippen LogP contribution in [0.3, 0.4) is 0 Å². The second-order valence-corrected chi connectivity index (χ2v) is 6.80. The van der Waals surface area contributed by atoms with Gasteiger partial charge in [-0.05, 0) is 42.7 Å². The van der Waals surface area contributed by atoms with Gasteiger partial charge < -0.3 is 19.0 Å². The van der Waals surface area contributed by atoms with Crippen molar-refractivity contribution in [1.29, 1.82) is 0 Å². The Kier molecular flexibility index (Phi) is 4.52. The summed E-state index contributed by atoms with van der Waals surface area (Å²) in [4.78, 5) is 13.2. The summed E-state index contributed by atoms with van der Waals surface area (Å²) in [6.07, 6.45) is 2.41. The van der Waals surface area contributed by atoms with Crippen molar-refractivity contribution in [3.63, 3.8) is 0 Å². The summed E-state index contributed by atoms with van der Waals surface area (Å²) in [6, 6.07) is 8.79. The van der Waals surface area contributed by atoms with Crippen LogP contribution in [0.4, 0.5) is 0 Å². The number of ether oxygens (including phenoxy) is 2. The zero-order chi connectivity index (χ0) is 19.0. The maximum absolute atomic E-state index is 13.2. The number of aromatic hydroxyl groups is 1. The Morgan fingerprint density at radius 2 is 1.85 bits per heavy atom. The van der Waals surface area contributed by atoms with E-state index in [4.69, 9.17) is 13.9 Å². The van der Waals surface area contributed by atoms with E-state index >= 15 is 0 Å². The summed E-state index contributed by atoms with van der Waals surface area (Å²) >= 11 is 0. The molecule has 2 heterocycles. The minimum absolute atomic E-state index is 0.111. The predicted molar refractivity (Wildman–Crippen MR) is 104 cm³/mol. The molecule has 3 aromatic rings. The molecular formula is C22H22O5. The first-order valence-electron chi connectivity index (χ1n) is 9.27. The first-order valence-corrected chi connectivity index (χ1v) is 9.27. The van der Waals surface area contributed by atoms with E-state index in [-0.39, 0.29) is 11.2 Å². The zero-order valence-corrected chi connectivity index (χ0v) is 15.5. The van der Waals surface area contributed by atoms with E-state index in [2.05, 4.69) is 0 Å². The highest BCUT2D eigenvalue weighted by Crippen LogP contribution is 2.35. The average molecular weight is 366 g/mol. The minimum Gasteiger partial charge on any atom is -0.508 e. The van der Waals surface area contributed by atoms with E-state index in [0.29, 0.717) is 53.4 Å². The highest BCUT2D eigenvalue weighted by molar-refractivity contribution is 5.85. The van der Waals surface area contributed by atoms with Crippen LogP contribution in [0.15, 0.2) is 39.5 Å². The Morgan fingerprint density at radius 1 is 1.07 bits per heavy atom. The third-order valence-corrected chi connectivity index (χ3v) is 4.82. The first kappa shape index (κ1) is 17.5. The van der Waals surface area contributed by atoms with Crippen LogP contribution < -0.4 is 14.9 Å². The molecule has 0 saturated carbocycles. The van der Waals surface area contributed by atoms with Gasteiger partial charge in [-0.15, -0.1) is 0 Å². The molecule has 5 heteroatoms. The van der Waals surface area contributed by atoms with E-state index in [1.54, 1.807) is 13.0 Å². The smallest absolute Gasteiger partial charge is 0.200 e. The third-order valence-electron chi connectivity index (χ3n) is 4.82. The minimum atomic E-state index is -0.111. The summed E-state index contributed by atoms with van der Waals surface area (Å²) in [7, 11) is 0. The van der Waals surface area contributed by atoms with Crippen LogP contribution in [-0.4, -0.2) is 18.3 Å². The Balaban J connectivity index is 1.90. The number of hydrogen-bond acceptors (Lipinski definition) is 5. The van der Waals surface area contributed by atoms with Gasteiger partial charge in [0.25, 0.3) is 0 Å². The van der Waals surface area contributed by atoms with Gasteiger partial charge in [-0.3, -0.25) is 4.79 Å². The van der Waals surface area contributed by atoms with Gasteiger partial charge in [0.05, 0.1) is 24.2 Å².